The molecule has 288 valence electrons. The van der Waals surface area contributed by atoms with Crippen LogP contribution in [0.1, 0.15) is 194 Å². The summed E-state index contributed by atoms with van der Waals surface area (Å²) >= 11 is 3.92. The summed E-state index contributed by atoms with van der Waals surface area (Å²) in [6, 6.07) is 0.632. The Morgan fingerprint density at radius 2 is 1.10 bits per heavy atom. The molecule has 48 heavy (non-hydrogen) atoms. The van der Waals surface area contributed by atoms with E-state index in [0.29, 0.717) is 19.1 Å². The molecule has 0 spiro atoms. The third kappa shape index (κ3) is 33.2. The van der Waals surface area contributed by atoms with E-state index in [0.717, 1.165) is 75.2 Å². The van der Waals surface area contributed by atoms with Crippen molar-refractivity contribution < 1.29 is 19.7 Å². The summed E-state index contributed by atoms with van der Waals surface area (Å²) in [5.41, 5.74) is 0. The van der Waals surface area contributed by atoms with Crippen LogP contribution in [0.5, 0.6) is 0 Å². The molecule has 0 rings (SSSR count). The zero-order valence-corrected chi connectivity index (χ0v) is 34.2. The maximum absolute atomic E-state index is 12.6. The number of aliphatic hydroxyl groups excluding tert-OH is 2. The van der Waals surface area contributed by atoms with E-state index in [-0.39, 0.29) is 18.2 Å². The van der Waals surface area contributed by atoms with Gasteiger partial charge in [0.1, 0.15) is 6.10 Å². The average molecular weight is 718 g/mol. The lowest BCUT2D eigenvalue weighted by Crippen LogP contribution is -2.32. The Bertz CT molecular complexity index is 656. The van der Waals surface area contributed by atoms with Crippen LogP contribution in [0.15, 0.2) is 0 Å². The summed E-state index contributed by atoms with van der Waals surface area (Å²) < 4.78 is 5.99. The Labute approximate surface area is 308 Å². The normalized spacial score (nSPS) is 13.6. The van der Waals surface area contributed by atoms with Crippen LogP contribution in [-0.2, 0) is 9.53 Å². The second-order valence-corrected chi connectivity index (χ2v) is 16.7. The van der Waals surface area contributed by atoms with Crippen LogP contribution in [0.4, 0.5) is 0 Å². The van der Waals surface area contributed by atoms with Gasteiger partial charge in [0.05, 0.1) is 6.10 Å². The van der Waals surface area contributed by atoms with Crippen LogP contribution in [0.3, 0.4) is 0 Å². The lowest BCUT2D eigenvalue weighted by molar-refractivity contribution is -0.148. The number of hydrogen-bond acceptors (Lipinski definition) is 7. The van der Waals surface area contributed by atoms with Gasteiger partial charge in [-0.05, 0) is 89.3 Å². The number of thioether (sulfide) groups is 2. The van der Waals surface area contributed by atoms with Gasteiger partial charge in [-0.15, -0.1) is 0 Å². The summed E-state index contributed by atoms with van der Waals surface area (Å²) in [5.74, 6) is 4.18. The molecule has 5 nitrogen and oxygen atoms in total. The van der Waals surface area contributed by atoms with Crippen LogP contribution in [0.2, 0.25) is 0 Å². The fourth-order valence-corrected chi connectivity index (χ4v) is 8.44. The number of carbonyl (C=O) groups excluding carboxylic acids is 1. The minimum Gasteiger partial charge on any atom is -0.461 e. The molecule has 2 N–H and O–H groups in total. The van der Waals surface area contributed by atoms with Gasteiger partial charge in [0.2, 0.25) is 0 Å². The van der Waals surface area contributed by atoms with Crippen LogP contribution in [0, 0.1) is 0 Å². The van der Waals surface area contributed by atoms with Crippen molar-refractivity contribution in [2.24, 2.45) is 0 Å². The van der Waals surface area contributed by atoms with E-state index in [4.69, 9.17) is 4.74 Å². The van der Waals surface area contributed by atoms with Gasteiger partial charge in [-0.1, -0.05) is 124 Å². The highest BCUT2D eigenvalue weighted by Gasteiger charge is 2.16. The smallest absolute Gasteiger partial charge is 0.306 e. The largest absolute Gasteiger partial charge is 0.461 e. The van der Waals surface area contributed by atoms with Crippen molar-refractivity contribution in [3.8, 4) is 0 Å². The van der Waals surface area contributed by atoms with Gasteiger partial charge >= 0.3 is 5.97 Å². The first kappa shape index (κ1) is 48.0. The van der Waals surface area contributed by atoms with E-state index in [2.05, 4.69) is 32.7 Å². The SMILES string of the molecule is CCCCCCCCC(=O)OC(CCCCCC)CSCCCCCC(CCCCCSCC(O)CCCCCC)N(C)CCCCO. The van der Waals surface area contributed by atoms with Crippen molar-refractivity contribution in [2.45, 2.75) is 212 Å². The summed E-state index contributed by atoms with van der Waals surface area (Å²) in [6.07, 6.45) is 31.7. The third-order valence-corrected chi connectivity index (χ3v) is 12.0. The van der Waals surface area contributed by atoms with Crippen molar-refractivity contribution in [1.82, 2.24) is 4.90 Å². The quantitative estimate of drug-likeness (QED) is 0.0484. The standard InChI is InChI=1S/C41H83NO4S2/c1-5-8-11-14-15-22-31-41(45)46-40(30-21-13-10-7-3)37-48-35-26-17-19-28-38(42(4)32-23-24-33-43)27-18-16-25-34-47-36-39(44)29-20-12-9-6-2/h38-40,43-44H,5-37H2,1-4H3. The monoisotopic (exact) mass is 718 g/mol. The van der Waals surface area contributed by atoms with Crippen LogP contribution in [-0.4, -0.2) is 82.5 Å². The van der Waals surface area contributed by atoms with Gasteiger partial charge < -0.3 is 19.8 Å². The highest BCUT2D eigenvalue weighted by Crippen LogP contribution is 2.21. The summed E-state index contributed by atoms with van der Waals surface area (Å²) in [6.45, 7) is 8.09. The first-order chi connectivity index (χ1) is 23.5. The molecule has 0 aromatic heterocycles. The van der Waals surface area contributed by atoms with Crippen molar-refractivity contribution >= 4 is 29.5 Å². The van der Waals surface area contributed by atoms with E-state index in [1.54, 1.807) is 0 Å². The predicted octanol–water partition coefficient (Wildman–Crippen LogP) is 11.6. The Kier molecular flexibility index (Phi) is 38.3. The van der Waals surface area contributed by atoms with E-state index in [1.807, 2.05) is 23.5 Å². The predicted molar refractivity (Wildman–Crippen MR) is 216 cm³/mol. The molecule has 0 amide bonds. The molecule has 0 aromatic rings. The van der Waals surface area contributed by atoms with Gasteiger partial charge in [0.25, 0.3) is 0 Å². The second-order valence-electron chi connectivity index (χ2n) is 14.4. The molecule has 0 aromatic carbocycles. The molecule has 0 aliphatic carbocycles. The Morgan fingerprint density at radius 1 is 0.604 bits per heavy atom. The topological polar surface area (TPSA) is 70.0 Å². The minimum atomic E-state index is -0.128. The highest BCUT2D eigenvalue weighted by molar-refractivity contribution is 7.99. The fraction of sp³-hybridized carbons (Fsp3) is 0.976. The molecule has 7 heteroatoms. The van der Waals surface area contributed by atoms with Crippen LogP contribution in [0.25, 0.3) is 0 Å². The van der Waals surface area contributed by atoms with E-state index in [1.165, 1.54) is 121 Å². The molecule has 3 atom stereocenters. The van der Waals surface area contributed by atoms with E-state index >= 15 is 0 Å². The first-order valence-electron chi connectivity index (χ1n) is 20.8. The van der Waals surface area contributed by atoms with Crippen LogP contribution < -0.4 is 0 Å². The van der Waals surface area contributed by atoms with Crippen LogP contribution >= 0.6 is 23.5 Å². The van der Waals surface area contributed by atoms with Crippen molar-refractivity contribution in [3.63, 3.8) is 0 Å². The molecule has 0 radical (unpaired) electrons. The minimum absolute atomic E-state index is 0.0199. The van der Waals surface area contributed by atoms with Gasteiger partial charge in [-0.25, -0.2) is 0 Å². The molecule has 3 unspecified atom stereocenters. The van der Waals surface area contributed by atoms with Crippen molar-refractivity contribution in [2.75, 3.05) is 43.2 Å². The summed E-state index contributed by atoms with van der Waals surface area (Å²) in [5, 5.41) is 19.5. The number of aliphatic hydroxyl groups is 2. The lowest BCUT2D eigenvalue weighted by atomic mass is 10.0. The Morgan fingerprint density at radius 3 is 1.71 bits per heavy atom. The maximum Gasteiger partial charge on any atom is 0.306 e. The van der Waals surface area contributed by atoms with E-state index in [9.17, 15) is 15.0 Å². The number of unbranched alkanes of at least 4 members (excludes halogenated alkanes) is 16. The Hall–Kier alpha value is 0.0500. The average Bonchev–Trinajstić information content (AvgIpc) is 3.08. The first-order valence-corrected chi connectivity index (χ1v) is 23.1. The highest BCUT2D eigenvalue weighted by atomic mass is 32.2. The number of carbonyl (C=O) groups is 1. The van der Waals surface area contributed by atoms with Crippen molar-refractivity contribution in [3.05, 3.63) is 0 Å². The third-order valence-electron chi connectivity index (χ3n) is 9.61. The summed E-state index contributed by atoms with van der Waals surface area (Å²) in [4.78, 5) is 15.1. The van der Waals surface area contributed by atoms with Gasteiger partial charge in [-0.3, -0.25) is 4.79 Å². The number of nitrogens with zero attached hydrogens (tertiary/aromatic N) is 1. The number of esters is 1. The number of ether oxygens (including phenoxy) is 1. The molecular formula is C41H83NO4S2. The molecule has 0 aliphatic heterocycles. The fourth-order valence-electron chi connectivity index (χ4n) is 6.36. The molecular weight excluding hydrogens is 635 g/mol. The lowest BCUT2D eigenvalue weighted by Gasteiger charge is -2.28. The molecule has 0 saturated heterocycles. The maximum atomic E-state index is 12.6. The number of hydrogen-bond donors (Lipinski definition) is 2. The number of rotatable bonds is 39. The molecule has 0 heterocycles. The zero-order chi connectivity index (χ0) is 35.3. The molecule has 0 aliphatic rings. The molecule has 0 saturated carbocycles. The van der Waals surface area contributed by atoms with Gasteiger partial charge in [-0.2, -0.15) is 23.5 Å². The van der Waals surface area contributed by atoms with Gasteiger partial charge in [0, 0.05) is 30.6 Å². The van der Waals surface area contributed by atoms with Crippen molar-refractivity contribution in [1.29, 1.82) is 0 Å². The Balaban J connectivity index is 4.35. The van der Waals surface area contributed by atoms with Gasteiger partial charge in [0.15, 0.2) is 0 Å². The molecule has 0 fully saturated rings. The second kappa shape index (κ2) is 38.3. The van der Waals surface area contributed by atoms with E-state index < -0.39 is 0 Å². The summed E-state index contributed by atoms with van der Waals surface area (Å²) in [7, 11) is 2.28. The molecule has 0 bridgehead atoms. The zero-order valence-electron chi connectivity index (χ0n) is 32.5.